The second kappa shape index (κ2) is 10.2. The fraction of sp³-hybridized carbons (Fsp3) is 0.571. The Hall–Kier alpha value is -2.81. The minimum Gasteiger partial charge on any atom is -0.341 e. The maximum Gasteiger partial charge on any atom is 0.258 e. The summed E-state index contributed by atoms with van der Waals surface area (Å²) in [4.78, 5) is 48.3. The number of halogens is 1. The predicted octanol–water partition coefficient (Wildman–Crippen LogP) is 4.41. The van der Waals surface area contributed by atoms with Crippen LogP contribution in [0.15, 0.2) is 23.7 Å². The third-order valence-electron chi connectivity index (χ3n) is 7.44. The lowest BCUT2D eigenvalue weighted by Gasteiger charge is -2.36. The van der Waals surface area contributed by atoms with Gasteiger partial charge in [-0.05, 0) is 61.6 Å². The summed E-state index contributed by atoms with van der Waals surface area (Å²) in [6.07, 6.45) is 1.64. The summed E-state index contributed by atoms with van der Waals surface area (Å²) >= 11 is 1.61. The molecule has 7 nitrogen and oxygen atoms in total. The number of amides is 3. The molecule has 2 heterocycles. The zero-order valence-corrected chi connectivity index (χ0v) is 23.4. The van der Waals surface area contributed by atoms with E-state index in [-0.39, 0.29) is 24.7 Å². The molecule has 1 saturated heterocycles. The number of nitrogens with one attached hydrogen (secondary N) is 1. The largest absolute Gasteiger partial charge is 0.341 e. The van der Waals surface area contributed by atoms with Gasteiger partial charge in [0.15, 0.2) is 5.67 Å². The monoisotopic (exact) mass is 528 g/mol. The van der Waals surface area contributed by atoms with E-state index >= 15 is 0 Å². The molecule has 37 heavy (non-hydrogen) atoms. The molecule has 2 aliphatic rings. The van der Waals surface area contributed by atoms with E-state index in [1.807, 2.05) is 46.2 Å². The molecule has 9 heteroatoms. The quantitative estimate of drug-likeness (QED) is 0.577. The van der Waals surface area contributed by atoms with E-state index in [2.05, 4.69) is 22.4 Å². The summed E-state index contributed by atoms with van der Waals surface area (Å²) < 4.78 is 14.4. The van der Waals surface area contributed by atoms with Crippen molar-refractivity contribution in [3.8, 4) is 10.4 Å². The van der Waals surface area contributed by atoms with Gasteiger partial charge in [0.05, 0.1) is 16.1 Å². The van der Waals surface area contributed by atoms with E-state index in [0.29, 0.717) is 25.9 Å². The number of likely N-dealkylation sites (N-methyl/N-ethyl adjacent to an activating group) is 1. The highest BCUT2D eigenvalue weighted by Gasteiger charge is 2.53. The van der Waals surface area contributed by atoms with Crippen molar-refractivity contribution in [1.82, 2.24) is 20.1 Å². The Morgan fingerprint density at radius 2 is 1.97 bits per heavy atom. The molecule has 1 saturated carbocycles. The zero-order chi connectivity index (χ0) is 27.1. The van der Waals surface area contributed by atoms with Crippen LogP contribution in [0.25, 0.3) is 10.4 Å². The summed E-state index contributed by atoms with van der Waals surface area (Å²) in [6.45, 7) is 10.4. The normalized spacial score (nSPS) is 19.4. The maximum atomic E-state index is 14.4. The molecule has 1 aromatic heterocycles. The number of aryl methyl sites for hydroxylation is 2. The third-order valence-corrected chi connectivity index (χ3v) is 8.42. The molecule has 2 unspecified atom stereocenters. The molecule has 1 aliphatic carbocycles. The van der Waals surface area contributed by atoms with E-state index in [9.17, 15) is 18.8 Å². The Morgan fingerprint density at radius 1 is 1.27 bits per heavy atom. The number of rotatable bonds is 7. The Kier molecular flexibility index (Phi) is 7.48. The highest BCUT2D eigenvalue weighted by atomic mass is 32.1. The fourth-order valence-corrected chi connectivity index (χ4v) is 5.68. The molecular formula is C28H37FN4O3S. The molecule has 0 spiro atoms. The van der Waals surface area contributed by atoms with Crippen LogP contribution in [0.5, 0.6) is 0 Å². The number of likely N-dealkylation sites (tertiary alicyclic amines) is 1. The van der Waals surface area contributed by atoms with Crippen molar-refractivity contribution in [1.29, 1.82) is 0 Å². The van der Waals surface area contributed by atoms with E-state index in [1.54, 1.807) is 28.2 Å². The van der Waals surface area contributed by atoms with Crippen LogP contribution in [0.3, 0.4) is 0 Å². The first-order valence-electron chi connectivity index (χ1n) is 12.9. The Labute approximate surface area is 222 Å². The summed E-state index contributed by atoms with van der Waals surface area (Å²) in [6, 6.07) is 4.71. The molecule has 0 radical (unpaired) electrons. The van der Waals surface area contributed by atoms with Gasteiger partial charge < -0.3 is 15.1 Å². The summed E-state index contributed by atoms with van der Waals surface area (Å²) in [7, 11) is 1.76. The molecular weight excluding hydrogens is 491 g/mol. The number of alkyl halides is 1. The zero-order valence-electron chi connectivity index (χ0n) is 22.6. The number of nitrogens with zero attached hydrogens (tertiary/aromatic N) is 3. The van der Waals surface area contributed by atoms with Gasteiger partial charge >= 0.3 is 0 Å². The molecule has 200 valence electrons. The summed E-state index contributed by atoms with van der Waals surface area (Å²) in [5.41, 5.74) is 3.58. The van der Waals surface area contributed by atoms with Gasteiger partial charge in [-0.15, -0.1) is 11.3 Å². The van der Waals surface area contributed by atoms with Gasteiger partial charge in [0.2, 0.25) is 11.8 Å². The number of thiazole rings is 1. The van der Waals surface area contributed by atoms with Gasteiger partial charge in [0.25, 0.3) is 5.91 Å². The Balaban J connectivity index is 1.46. The van der Waals surface area contributed by atoms with Crippen molar-refractivity contribution in [2.75, 3.05) is 13.6 Å². The molecule has 3 amide bonds. The van der Waals surface area contributed by atoms with Crippen LogP contribution in [0.4, 0.5) is 4.39 Å². The van der Waals surface area contributed by atoms with Crippen LogP contribution in [0.1, 0.15) is 63.3 Å². The first kappa shape index (κ1) is 27.2. The molecule has 0 bridgehead atoms. The minimum atomic E-state index is -1.86. The molecule has 1 aliphatic heterocycles. The standard InChI is InChI=1S/C28H37FN4O3S/c1-17-14-19(22-18(2)30-16-37-22)9-10-20(17)15-32(6)24(34)21-8-7-13-33(21)25(35)23(27(3,4)5)31-26(36)28(29)11-12-28/h9-10,14,16,21,23H,7-8,11-13,15H2,1-6H3,(H,31,36). The lowest BCUT2D eigenvalue weighted by Crippen LogP contribution is -2.58. The highest BCUT2D eigenvalue weighted by molar-refractivity contribution is 7.13. The lowest BCUT2D eigenvalue weighted by molar-refractivity contribution is -0.147. The van der Waals surface area contributed by atoms with Crippen LogP contribution < -0.4 is 5.32 Å². The Morgan fingerprint density at radius 3 is 2.54 bits per heavy atom. The molecule has 2 fully saturated rings. The van der Waals surface area contributed by atoms with E-state index in [4.69, 9.17) is 0 Å². The summed E-state index contributed by atoms with van der Waals surface area (Å²) in [5.74, 6) is -1.18. The maximum absolute atomic E-state index is 14.4. The molecule has 1 aromatic carbocycles. The van der Waals surface area contributed by atoms with Crippen LogP contribution in [-0.2, 0) is 20.9 Å². The smallest absolute Gasteiger partial charge is 0.258 e. The van der Waals surface area contributed by atoms with Gasteiger partial charge in [0, 0.05) is 20.1 Å². The van der Waals surface area contributed by atoms with Crippen LogP contribution in [0, 0.1) is 19.3 Å². The van der Waals surface area contributed by atoms with E-state index in [0.717, 1.165) is 27.3 Å². The van der Waals surface area contributed by atoms with Gasteiger partial charge in [-0.3, -0.25) is 14.4 Å². The molecule has 2 atom stereocenters. The third kappa shape index (κ3) is 5.71. The van der Waals surface area contributed by atoms with E-state index in [1.165, 1.54) is 0 Å². The molecule has 2 aromatic rings. The van der Waals surface area contributed by atoms with Gasteiger partial charge in [-0.2, -0.15) is 0 Å². The number of benzene rings is 1. The number of hydrogen-bond acceptors (Lipinski definition) is 5. The van der Waals surface area contributed by atoms with Crippen LogP contribution in [0.2, 0.25) is 0 Å². The van der Waals surface area contributed by atoms with Crippen molar-refractivity contribution in [3.63, 3.8) is 0 Å². The van der Waals surface area contributed by atoms with Crippen molar-refractivity contribution >= 4 is 29.1 Å². The van der Waals surface area contributed by atoms with Crippen molar-refractivity contribution in [2.45, 2.75) is 84.6 Å². The summed E-state index contributed by atoms with van der Waals surface area (Å²) in [5, 5.41) is 2.66. The van der Waals surface area contributed by atoms with Gasteiger partial charge in [-0.1, -0.05) is 39.0 Å². The van der Waals surface area contributed by atoms with Crippen molar-refractivity contribution in [2.24, 2.45) is 5.41 Å². The lowest BCUT2D eigenvalue weighted by atomic mass is 9.85. The molecule has 4 rings (SSSR count). The second-order valence-corrected chi connectivity index (χ2v) is 12.4. The minimum absolute atomic E-state index is 0.129. The van der Waals surface area contributed by atoms with Crippen LogP contribution >= 0.6 is 11.3 Å². The van der Waals surface area contributed by atoms with Gasteiger partial charge in [-0.25, -0.2) is 9.37 Å². The van der Waals surface area contributed by atoms with Crippen molar-refractivity contribution < 1.29 is 18.8 Å². The highest BCUT2D eigenvalue weighted by Crippen LogP contribution is 2.40. The SMILES string of the molecule is Cc1cc(-c2scnc2C)ccc1CN(C)C(=O)C1CCCN1C(=O)C(NC(=O)C1(F)CC1)C(C)(C)C. The van der Waals surface area contributed by atoms with E-state index < -0.39 is 29.1 Å². The predicted molar refractivity (Wildman–Crippen MR) is 143 cm³/mol. The molecule has 1 N–H and O–H groups in total. The van der Waals surface area contributed by atoms with Crippen molar-refractivity contribution in [3.05, 3.63) is 40.5 Å². The number of hydrogen-bond donors (Lipinski definition) is 1. The first-order valence-corrected chi connectivity index (χ1v) is 13.7. The first-order chi connectivity index (χ1) is 17.3. The number of carbonyl (C=O) groups is 3. The number of aromatic nitrogens is 1. The second-order valence-electron chi connectivity index (χ2n) is 11.5. The Bertz CT molecular complexity index is 1200. The average molecular weight is 529 g/mol. The number of carbonyl (C=O) groups excluding carboxylic acids is 3. The average Bonchev–Trinajstić information content (AvgIpc) is 3.21. The fourth-order valence-electron chi connectivity index (χ4n) is 4.88. The van der Waals surface area contributed by atoms with Gasteiger partial charge in [0.1, 0.15) is 12.1 Å². The van der Waals surface area contributed by atoms with Crippen LogP contribution in [-0.4, -0.2) is 63.9 Å². The topological polar surface area (TPSA) is 82.6 Å².